The van der Waals surface area contributed by atoms with E-state index in [9.17, 15) is 18.0 Å². The lowest BCUT2D eigenvalue weighted by atomic mass is 10.1. The molecule has 0 saturated carbocycles. The zero-order chi connectivity index (χ0) is 16.9. The van der Waals surface area contributed by atoms with Crippen molar-refractivity contribution in [2.45, 2.75) is 19.5 Å². The summed E-state index contributed by atoms with van der Waals surface area (Å²) in [6.07, 6.45) is -2.32. The van der Waals surface area contributed by atoms with Gasteiger partial charge < -0.3 is 14.4 Å². The summed E-state index contributed by atoms with van der Waals surface area (Å²) in [5.41, 5.74) is 0.0394. The number of nitrogens with zero attached hydrogens (tertiary/aromatic N) is 2. The average Bonchev–Trinajstić information content (AvgIpc) is 3.02. The number of alkyl halides is 3. The molecule has 1 fully saturated rings. The summed E-state index contributed by atoms with van der Waals surface area (Å²) in [5.74, 6) is -0.435. The van der Waals surface area contributed by atoms with Gasteiger partial charge in [-0.2, -0.15) is 13.2 Å². The topological polar surface area (TPSA) is 51.7 Å². The number of carbonyl (C=O) groups is 1. The molecule has 1 aromatic heterocycles. The molecule has 0 aliphatic carbocycles. The van der Waals surface area contributed by atoms with E-state index in [1.165, 1.54) is 18.3 Å². The van der Waals surface area contributed by atoms with Crippen molar-refractivity contribution in [2.75, 3.05) is 32.9 Å². The SMILES string of the molecule is CCN(CC1CCOC1)C(=O)c1cccnc1OCC(F)(F)F. The third-order valence-electron chi connectivity index (χ3n) is 3.55. The summed E-state index contributed by atoms with van der Waals surface area (Å²) in [6.45, 7) is 2.55. The third kappa shape index (κ3) is 5.09. The first kappa shape index (κ1) is 17.5. The molecule has 1 saturated heterocycles. The van der Waals surface area contributed by atoms with Crippen molar-refractivity contribution in [3.8, 4) is 5.88 Å². The fourth-order valence-electron chi connectivity index (χ4n) is 2.38. The maximum absolute atomic E-state index is 12.6. The summed E-state index contributed by atoms with van der Waals surface area (Å²) < 4.78 is 46.9. The van der Waals surface area contributed by atoms with Gasteiger partial charge in [-0.05, 0) is 25.5 Å². The fourth-order valence-corrected chi connectivity index (χ4v) is 2.38. The molecule has 0 aromatic carbocycles. The van der Waals surface area contributed by atoms with Gasteiger partial charge in [0.15, 0.2) is 6.61 Å². The van der Waals surface area contributed by atoms with Crippen LogP contribution in [0.15, 0.2) is 18.3 Å². The van der Waals surface area contributed by atoms with Crippen LogP contribution >= 0.6 is 0 Å². The largest absolute Gasteiger partial charge is 0.467 e. The van der Waals surface area contributed by atoms with Gasteiger partial charge in [0.05, 0.1) is 6.61 Å². The van der Waals surface area contributed by atoms with Crippen LogP contribution in [-0.4, -0.2) is 54.9 Å². The Balaban J connectivity index is 2.10. The Morgan fingerprint density at radius 3 is 2.91 bits per heavy atom. The van der Waals surface area contributed by atoms with Gasteiger partial charge >= 0.3 is 6.18 Å². The minimum atomic E-state index is -4.48. The summed E-state index contributed by atoms with van der Waals surface area (Å²) in [6, 6.07) is 2.93. The first-order valence-corrected chi connectivity index (χ1v) is 7.42. The lowest BCUT2D eigenvalue weighted by molar-refractivity contribution is -0.154. The van der Waals surface area contributed by atoms with Gasteiger partial charge in [-0.25, -0.2) is 4.98 Å². The quantitative estimate of drug-likeness (QED) is 0.803. The summed E-state index contributed by atoms with van der Waals surface area (Å²) >= 11 is 0. The monoisotopic (exact) mass is 332 g/mol. The van der Waals surface area contributed by atoms with Crippen LogP contribution < -0.4 is 4.74 Å². The molecule has 1 amide bonds. The average molecular weight is 332 g/mol. The van der Waals surface area contributed by atoms with Gasteiger partial charge in [-0.1, -0.05) is 0 Å². The summed E-state index contributed by atoms with van der Waals surface area (Å²) in [4.78, 5) is 17.9. The van der Waals surface area contributed by atoms with E-state index in [4.69, 9.17) is 4.74 Å². The Morgan fingerprint density at radius 1 is 1.52 bits per heavy atom. The van der Waals surface area contributed by atoms with Gasteiger partial charge in [0.1, 0.15) is 5.56 Å². The maximum atomic E-state index is 12.6. The Hall–Kier alpha value is -1.83. The van der Waals surface area contributed by atoms with E-state index in [0.717, 1.165) is 6.42 Å². The standard InChI is InChI=1S/C15H19F3N2O3/c1-2-20(8-11-5-7-22-9-11)14(21)12-4-3-6-19-13(12)23-10-15(16,17)18/h3-4,6,11H,2,5,7-10H2,1H3. The van der Waals surface area contributed by atoms with Gasteiger partial charge in [-0.3, -0.25) is 4.79 Å². The fraction of sp³-hybridized carbons (Fsp3) is 0.600. The third-order valence-corrected chi connectivity index (χ3v) is 3.55. The Kier molecular flexibility index (Phi) is 5.81. The number of halogens is 3. The number of hydrogen-bond acceptors (Lipinski definition) is 4. The molecule has 23 heavy (non-hydrogen) atoms. The molecule has 8 heteroatoms. The van der Waals surface area contributed by atoms with E-state index in [0.29, 0.717) is 26.3 Å². The van der Waals surface area contributed by atoms with E-state index in [-0.39, 0.29) is 23.3 Å². The Labute approximate surface area is 132 Å². The van der Waals surface area contributed by atoms with Gasteiger partial charge in [0.2, 0.25) is 5.88 Å². The predicted octanol–water partition coefficient (Wildman–Crippen LogP) is 2.52. The van der Waals surface area contributed by atoms with Crippen LogP contribution in [-0.2, 0) is 4.74 Å². The van der Waals surface area contributed by atoms with Crippen molar-refractivity contribution < 1.29 is 27.4 Å². The number of carbonyl (C=O) groups excluding carboxylic acids is 1. The molecule has 1 unspecified atom stereocenters. The number of aromatic nitrogens is 1. The van der Waals surface area contributed by atoms with Crippen LogP contribution in [0.5, 0.6) is 5.88 Å². The van der Waals surface area contributed by atoms with Crippen LogP contribution in [0.2, 0.25) is 0 Å². The van der Waals surface area contributed by atoms with Gasteiger partial charge in [0, 0.05) is 31.8 Å². The highest BCUT2D eigenvalue weighted by molar-refractivity contribution is 5.96. The van der Waals surface area contributed by atoms with Crippen molar-refractivity contribution in [1.82, 2.24) is 9.88 Å². The van der Waals surface area contributed by atoms with Gasteiger partial charge in [-0.15, -0.1) is 0 Å². The number of pyridine rings is 1. The first-order chi connectivity index (χ1) is 10.9. The van der Waals surface area contributed by atoms with Crippen molar-refractivity contribution in [1.29, 1.82) is 0 Å². The molecular formula is C15H19F3N2O3. The highest BCUT2D eigenvalue weighted by Crippen LogP contribution is 2.22. The first-order valence-electron chi connectivity index (χ1n) is 7.42. The molecule has 1 aliphatic heterocycles. The summed E-state index contributed by atoms with van der Waals surface area (Å²) in [7, 11) is 0. The molecular weight excluding hydrogens is 313 g/mol. The lowest BCUT2D eigenvalue weighted by Crippen LogP contribution is -2.36. The molecule has 0 bridgehead atoms. The predicted molar refractivity (Wildman–Crippen MR) is 76.3 cm³/mol. The molecule has 2 rings (SSSR count). The zero-order valence-electron chi connectivity index (χ0n) is 12.8. The zero-order valence-corrected chi connectivity index (χ0v) is 12.8. The van der Waals surface area contributed by atoms with Crippen LogP contribution in [0.25, 0.3) is 0 Å². The van der Waals surface area contributed by atoms with Crippen molar-refractivity contribution in [3.05, 3.63) is 23.9 Å². The smallest absolute Gasteiger partial charge is 0.422 e. The Morgan fingerprint density at radius 2 is 2.30 bits per heavy atom. The van der Waals surface area contributed by atoms with Crippen molar-refractivity contribution >= 4 is 5.91 Å². The van der Waals surface area contributed by atoms with E-state index in [2.05, 4.69) is 9.72 Å². The highest BCUT2D eigenvalue weighted by Gasteiger charge is 2.30. The van der Waals surface area contributed by atoms with E-state index in [1.807, 2.05) is 6.92 Å². The molecule has 0 radical (unpaired) electrons. The molecule has 0 spiro atoms. The van der Waals surface area contributed by atoms with E-state index in [1.54, 1.807) is 4.90 Å². The molecule has 0 N–H and O–H groups in total. The van der Waals surface area contributed by atoms with Crippen LogP contribution in [0.4, 0.5) is 13.2 Å². The van der Waals surface area contributed by atoms with Crippen LogP contribution in [0.3, 0.4) is 0 Å². The van der Waals surface area contributed by atoms with E-state index < -0.39 is 12.8 Å². The number of rotatable bonds is 6. The minimum absolute atomic E-state index is 0.0394. The van der Waals surface area contributed by atoms with Crippen LogP contribution in [0, 0.1) is 5.92 Å². The number of hydrogen-bond donors (Lipinski definition) is 0. The lowest BCUT2D eigenvalue weighted by Gasteiger charge is -2.24. The molecule has 1 atom stereocenters. The number of ether oxygens (including phenoxy) is 2. The second kappa shape index (κ2) is 7.63. The molecule has 2 heterocycles. The molecule has 1 aromatic rings. The molecule has 128 valence electrons. The minimum Gasteiger partial charge on any atom is -0.467 e. The number of amides is 1. The van der Waals surface area contributed by atoms with Gasteiger partial charge in [0.25, 0.3) is 5.91 Å². The summed E-state index contributed by atoms with van der Waals surface area (Å²) in [5, 5.41) is 0. The highest BCUT2D eigenvalue weighted by atomic mass is 19.4. The van der Waals surface area contributed by atoms with Crippen molar-refractivity contribution in [3.63, 3.8) is 0 Å². The Bertz CT molecular complexity index is 531. The normalized spacial score (nSPS) is 18.0. The van der Waals surface area contributed by atoms with Crippen molar-refractivity contribution in [2.24, 2.45) is 5.92 Å². The second-order valence-corrected chi connectivity index (χ2v) is 5.33. The van der Waals surface area contributed by atoms with Crippen LogP contribution in [0.1, 0.15) is 23.7 Å². The molecule has 1 aliphatic rings. The van der Waals surface area contributed by atoms with E-state index >= 15 is 0 Å². The molecule has 5 nitrogen and oxygen atoms in total. The maximum Gasteiger partial charge on any atom is 0.422 e. The second-order valence-electron chi connectivity index (χ2n) is 5.33.